The highest BCUT2D eigenvalue weighted by atomic mass is 79.9. The van der Waals surface area contributed by atoms with Gasteiger partial charge in [0.25, 0.3) is 5.91 Å². The Balaban J connectivity index is 2.31. The lowest BCUT2D eigenvalue weighted by Crippen LogP contribution is -2.30. The third-order valence-corrected chi connectivity index (χ3v) is 2.72. The van der Waals surface area contributed by atoms with Crippen molar-refractivity contribution >= 4 is 27.7 Å². The molecule has 0 aliphatic heterocycles. The highest BCUT2D eigenvalue weighted by Gasteiger charge is 2.05. The van der Waals surface area contributed by atoms with Gasteiger partial charge in [-0.15, -0.1) is 6.58 Å². The van der Waals surface area contributed by atoms with E-state index < -0.39 is 0 Å². The molecule has 0 radical (unpaired) electrons. The summed E-state index contributed by atoms with van der Waals surface area (Å²) in [7, 11) is 0. The van der Waals surface area contributed by atoms with Crippen LogP contribution in [0.25, 0.3) is 0 Å². The Labute approximate surface area is 115 Å². The molecule has 0 unspecified atom stereocenters. The molecule has 96 valence electrons. The van der Waals surface area contributed by atoms with E-state index in [0.717, 1.165) is 4.47 Å². The van der Waals surface area contributed by atoms with Crippen molar-refractivity contribution in [3.63, 3.8) is 0 Å². The molecule has 5 heteroatoms. The fourth-order valence-corrected chi connectivity index (χ4v) is 1.53. The Hall–Kier alpha value is -1.62. The molecule has 0 aromatic heterocycles. The first-order valence-electron chi connectivity index (χ1n) is 5.55. The normalized spacial score (nSPS) is 9.61. The Bertz CT molecular complexity index is 429. The molecule has 0 fully saturated rings. The third-order valence-electron chi connectivity index (χ3n) is 2.19. The maximum atomic E-state index is 11.7. The molecule has 1 aromatic rings. The predicted molar refractivity (Wildman–Crippen MR) is 74.3 cm³/mol. The fourth-order valence-electron chi connectivity index (χ4n) is 1.27. The third kappa shape index (κ3) is 5.14. The zero-order valence-corrected chi connectivity index (χ0v) is 11.5. The van der Waals surface area contributed by atoms with Gasteiger partial charge < -0.3 is 10.6 Å². The van der Waals surface area contributed by atoms with E-state index in [0.29, 0.717) is 18.7 Å². The van der Waals surface area contributed by atoms with Crippen LogP contribution in [-0.2, 0) is 4.79 Å². The molecule has 1 aromatic carbocycles. The van der Waals surface area contributed by atoms with Crippen LogP contribution in [0.4, 0.5) is 0 Å². The minimum atomic E-state index is -0.181. The molecule has 18 heavy (non-hydrogen) atoms. The van der Waals surface area contributed by atoms with Crippen LogP contribution in [0.1, 0.15) is 16.8 Å². The number of benzene rings is 1. The van der Waals surface area contributed by atoms with Gasteiger partial charge in [-0.2, -0.15) is 0 Å². The van der Waals surface area contributed by atoms with Crippen LogP contribution in [0.5, 0.6) is 0 Å². The molecule has 0 saturated carbocycles. The van der Waals surface area contributed by atoms with Crippen molar-refractivity contribution in [3.8, 4) is 0 Å². The first-order chi connectivity index (χ1) is 8.63. The van der Waals surface area contributed by atoms with Crippen LogP contribution >= 0.6 is 15.9 Å². The first-order valence-corrected chi connectivity index (χ1v) is 6.34. The lowest BCUT2D eigenvalue weighted by atomic mass is 10.2. The van der Waals surface area contributed by atoms with Crippen molar-refractivity contribution < 1.29 is 9.59 Å². The summed E-state index contributed by atoms with van der Waals surface area (Å²) in [5.41, 5.74) is 0.574. The van der Waals surface area contributed by atoms with Gasteiger partial charge in [-0.3, -0.25) is 9.59 Å². The molecule has 4 nitrogen and oxygen atoms in total. The van der Waals surface area contributed by atoms with Crippen molar-refractivity contribution in [1.29, 1.82) is 0 Å². The molecule has 0 heterocycles. The van der Waals surface area contributed by atoms with Crippen molar-refractivity contribution in [2.45, 2.75) is 6.42 Å². The minimum Gasteiger partial charge on any atom is -0.353 e. The topological polar surface area (TPSA) is 58.2 Å². The zero-order valence-electron chi connectivity index (χ0n) is 9.91. The molecular weight excluding hydrogens is 296 g/mol. The van der Waals surface area contributed by atoms with E-state index in [-0.39, 0.29) is 18.2 Å². The van der Waals surface area contributed by atoms with Gasteiger partial charge in [-0.25, -0.2) is 0 Å². The van der Waals surface area contributed by atoms with Crippen LogP contribution in [-0.4, -0.2) is 24.9 Å². The summed E-state index contributed by atoms with van der Waals surface area (Å²) in [6, 6.07) is 7.03. The van der Waals surface area contributed by atoms with Gasteiger partial charge in [-0.05, 0) is 24.3 Å². The van der Waals surface area contributed by atoms with Crippen LogP contribution in [0.15, 0.2) is 41.4 Å². The zero-order chi connectivity index (χ0) is 13.4. The molecule has 2 N–H and O–H groups in total. The van der Waals surface area contributed by atoms with Crippen molar-refractivity contribution in [2.75, 3.05) is 13.1 Å². The summed E-state index contributed by atoms with van der Waals surface area (Å²) in [6.07, 6.45) is 1.87. The summed E-state index contributed by atoms with van der Waals surface area (Å²) in [4.78, 5) is 22.9. The Morgan fingerprint density at radius 1 is 1.22 bits per heavy atom. The number of nitrogens with one attached hydrogen (secondary N) is 2. The molecule has 2 amide bonds. The molecule has 0 aliphatic rings. The number of carbonyl (C=O) groups is 2. The number of carbonyl (C=O) groups excluding carboxylic acids is 2. The molecule has 0 bridgehead atoms. The van der Waals surface area contributed by atoms with Gasteiger partial charge in [0.1, 0.15) is 0 Å². The molecule has 0 saturated heterocycles. The van der Waals surface area contributed by atoms with E-state index in [4.69, 9.17) is 0 Å². The number of amides is 2. The van der Waals surface area contributed by atoms with E-state index >= 15 is 0 Å². The van der Waals surface area contributed by atoms with Gasteiger partial charge in [0.2, 0.25) is 5.91 Å². The van der Waals surface area contributed by atoms with Crippen LogP contribution in [0, 0.1) is 0 Å². The van der Waals surface area contributed by atoms with Crippen molar-refractivity contribution in [1.82, 2.24) is 10.6 Å². The molecule has 0 atom stereocenters. The van der Waals surface area contributed by atoms with Crippen LogP contribution < -0.4 is 10.6 Å². The Kier molecular flexibility index (Phi) is 6.14. The van der Waals surface area contributed by atoms with E-state index in [2.05, 4.69) is 33.1 Å². The molecule has 0 spiro atoms. The summed E-state index contributed by atoms with van der Waals surface area (Å²) >= 11 is 3.30. The van der Waals surface area contributed by atoms with Crippen LogP contribution in [0.2, 0.25) is 0 Å². The first kappa shape index (κ1) is 14.4. The lowest BCUT2D eigenvalue weighted by Gasteiger charge is -2.05. The highest BCUT2D eigenvalue weighted by molar-refractivity contribution is 9.10. The van der Waals surface area contributed by atoms with E-state index in [9.17, 15) is 9.59 Å². The van der Waals surface area contributed by atoms with Gasteiger partial charge in [0, 0.05) is 29.5 Å². The average molecular weight is 311 g/mol. The van der Waals surface area contributed by atoms with Crippen LogP contribution in [0.3, 0.4) is 0 Å². The van der Waals surface area contributed by atoms with Gasteiger partial charge in [0.05, 0.1) is 0 Å². The second-order valence-corrected chi connectivity index (χ2v) is 4.52. The molecule has 0 aliphatic carbocycles. The number of hydrogen-bond acceptors (Lipinski definition) is 2. The second kappa shape index (κ2) is 7.66. The van der Waals surface area contributed by atoms with E-state index in [1.165, 1.54) is 0 Å². The molecule has 1 rings (SSSR count). The van der Waals surface area contributed by atoms with E-state index in [1.54, 1.807) is 30.3 Å². The smallest absolute Gasteiger partial charge is 0.251 e. The van der Waals surface area contributed by atoms with Crippen molar-refractivity contribution in [3.05, 3.63) is 47.0 Å². The van der Waals surface area contributed by atoms with Crippen molar-refractivity contribution in [2.24, 2.45) is 0 Å². The average Bonchev–Trinajstić information content (AvgIpc) is 2.37. The standard InChI is InChI=1S/C13H15BrN2O2/c1-2-8-15-12(17)7-9-16-13(18)10-3-5-11(14)6-4-10/h2-6H,1,7-9H2,(H,15,17)(H,16,18). The summed E-state index contributed by atoms with van der Waals surface area (Å²) in [6.45, 7) is 4.26. The second-order valence-electron chi connectivity index (χ2n) is 3.61. The fraction of sp³-hybridized carbons (Fsp3) is 0.231. The maximum absolute atomic E-state index is 11.7. The van der Waals surface area contributed by atoms with E-state index in [1.807, 2.05) is 0 Å². The minimum absolute atomic E-state index is 0.106. The summed E-state index contributed by atoms with van der Waals surface area (Å²) < 4.78 is 0.919. The quantitative estimate of drug-likeness (QED) is 0.788. The SMILES string of the molecule is C=CCNC(=O)CCNC(=O)c1ccc(Br)cc1. The molecular formula is C13H15BrN2O2. The van der Waals surface area contributed by atoms with Gasteiger partial charge in [-0.1, -0.05) is 22.0 Å². The Morgan fingerprint density at radius 3 is 2.50 bits per heavy atom. The van der Waals surface area contributed by atoms with Gasteiger partial charge in [0.15, 0.2) is 0 Å². The monoisotopic (exact) mass is 310 g/mol. The highest BCUT2D eigenvalue weighted by Crippen LogP contribution is 2.10. The lowest BCUT2D eigenvalue weighted by molar-refractivity contribution is -0.120. The Morgan fingerprint density at radius 2 is 1.89 bits per heavy atom. The van der Waals surface area contributed by atoms with Gasteiger partial charge >= 0.3 is 0 Å². The summed E-state index contributed by atoms with van der Waals surface area (Å²) in [5, 5.41) is 5.32. The maximum Gasteiger partial charge on any atom is 0.251 e. The summed E-state index contributed by atoms with van der Waals surface area (Å²) in [5.74, 6) is -0.287. The number of rotatable bonds is 6. The largest absolute Gasteiger partial charge is 0.353 e. The number of halogens is 1. The predicted octanol–water partition coefficient (Wildman–Crippen LogP) is 1.87. The number of hydrogen-bond donors (Lipinski definition) is 2.